The third-order valence-electron chi connectivity index (χ3n) is 3.29. The maximum absolute atomic E-state index is 12.2. The van der Waals surface area contributed by atoms with E-state index in [4.69, 9.17) is 5.11 Å². The summed E-state index contributed by atoms with van der Waals surface area (Å²) < 4.78 is 0. The van der Waals surface area contributed by atoms with Gasteiger partial charge in [0.05, 0.1) is 4.88 Å². The number of aliphatic hydroxyl groups is 1. The number of hydrogen-bond acceptors (Lipinski definition) is 3. The minimum Gasteiger partial charge on any atom is -0.396 e. The van der Waals surface area contributed by atoms with Crippen molar-refractivity contribution >= 4 is 17.2 Å². The minimum absolute atomic E-state index is 0.132. The highest BCUT2D eigenvalue weighted by atomic mass is 32.1. The summed E-state index contributed by atoms with van der Waals surface area (Å²) in [6.07, 6.45) is 3.02. The highest BCUT2D eigenvalue weighted by Gasteiger charge is 2.24. The van der Waals surface area contributed by atoms with Crippen molar-refractivity contribution in [3.63, 3.8) is 0 Å². The zero-order chi connectivity index (χ0) is 12.3. The first-order valence-corrected chi connectivity index (χ1v) is 7.05. The summed E-state index contributed by atoms with van der Waals surface area (Å²) in [6, 6.07) is 3.96. The Kier molecular flexibility index (Phi) is 4.18. The molecule has 1 saturated heterocycles. The fourth-order valence-corrected chi connectivity index (χ4v) is 3.15. The molecule has 0 saturated carbocycles. The van der Waals surface area contributed by atoms with Gasteiger partial charge in [-0.3, -0.25) is 4.79 Å². The average molecular weight is 253 g/mol. The summed E-state index contributed by atoms with van der Waals surface area (Å²) in [5, 5.41) is 9.17. The molecule has 1 N–H and O–H groups in total. The Morgan fingerprint density at radius 1 is 1.59 bits per heavy atom. The molecule has 1 aliphatic rings. The van der Waals surface area contributed by atoms with Gasteiger partial charge in [0.2, 0.25) is 0 Å². The molecule has 1 unspecified atom stereocenters. The van der Waals surface area contributed by atoms with E-state index >= 15 is 0 Å². The Hall–Kier alpha value is -0.870. The minimum atomic E-state index is 0.132. The molecule has 0 bridgehead atoms. The largest absolute Gasteiger partial charge is 0.396 e. The summed E-state index contributed by atoms with van der Waals surface area (Å²) in [5.74, 6) is 0.395. The van der Waals surface area contributed by atoms with Gasteiger partial charge < -0.3 is 10.0 Å². The van der Waals surface area contributed by atoms with E-state index in [1.54, 1.807) is 11.3 Å². The van der Waals surface area contributed by atoms with Crippen LogP contribution in [0.4, 0.5) is 0 Å². The molecule has 1 aliphatic heterocycles. The third kappa shape index (κ3) is 2.87. The Balaban J connectivity index is 2.03. The summed E-state index contributed by atoms with van der Waals surface area (Å²) >= 11 is 1.59. The van der Waals surface area contributed by atoms with Gasteiger partial charge in [0.15, 0.2) is 0 Å². The van der Waals surface area contributed by atoms with Crippen molar-refractivity contribution in [2.24, 2.45) is 5.92 Å². The number of aliphatic hydroxyl groups excluding tert-OH is 1. The van der Waals surface area contributed by atoms with E-state index in [9.17, 15) is 4.79 Å². The van der Waals surface area contributed by atoms with Crippen LogP contribution in [0.2, 0.25) is 0 Å². The summed E-state index contributed by atoms with van der Waals surface area (Å²) in [5.41, 5.74) is 0. The van der Waals surface area contributed by atoms with E-state index in [2.05, 4.69) is 6.92 Å². The van der Waals surface area contributed by atoms with Crippen molar-refractivity contribution in [3.8, 4) is 0 Å². The van der Waals surface area contributed by atoms with Crippen LogP contribution in [0.1, 0.15) is 34.3 Å². The summed E-state index contributed by atoms with van der Waals surface area (Å²) in [6.45, 7) is 3.82. The Bertz CT molecular complexity index is 389. The number of amides is 1. The van der Waals surface area contributed by atoms with Crippen molar-refractivity contribution in [1.29, 1.82) is 0 Å². The highest BCUT2D eigenvalue weighted by Crippen LogP contribution is 2.22. The maximum atomic E-state index is 12.2. The van der Waals surface area contributed by atoms with Crippen LogP contribution in [0.3, 0.4) is 0 Å². The molecular weight excluding hydrogens is 234 g/mol. The monoisotopic (exact) mass is 253 g/mol. The van der Waals surface area contributed by atoms with Crippen LogP contribution >= 0.6 is 11.3 Å². The Labute approximate surface area is 106 Å². The Morgan fingerprint density at radius 3 is 3.06 bits per heavy atom. The Morgan fingerprint density at radius 2 is 2.41 bits per heavy atom. The van der Waals surface area contributed by atoms with Crippen molar-refractivity contribution in [2.75, 3.05) is 19.7 Å². The highest BCUT2D eigenvalue weighted by molar-refractivity contribution is 7.14. The number of rotatable bonds is 3. The smallest absolute Gasteiger partial charge is 0.263 e. The van der Waals surface area contributed by atoms with Gasteiger partial charge in [-0.15, -0.1) is 11.3 Å². The molecule has 3 nitrogen and oxygen atoms in total. The van der Waals surface area contributed by atoms with Gasteiger partial charge in [0.1, 0.15) is 0 Å². The summed E-state index contributed by atoms with van der Waals surface area (Å²) in [4.78, 5) is 16.2. The molecule has 1 fully saturated rings. The third-order valence-corrected chi connectivity index (χ3v) is 4.50. The van der Waals surface area contributed by atoms with Crippen molar-refractivity contribution in [2.45, 2.75) is 26.2 Å². The number of nitrogens with zero attached hydrogens (tertiary/aromatic N) is 1. The van der Waals surface area contributed by atoms with E-state index < -0.39 is 0 Å². The van der Waals surface area contributed by atoms with Crippen LogP contribution < -0.4 is 0 Å². The van der Waals surface area contributed by atoms with E-state index in [1.165, 1.54) is 4.88 Å². The topological polar surface area (TPSA) is 40.5 Å². The second-order valence-corrected chi connectivity index (χ2v) is 5.73. The molecule has 1 aromatic rings. The van der Waals surface area contributed by atoms with Crippen LogP contribution in [-0.4, -0.2) is 35.6 Å². The lowest BCUT2D eigenvalue weighted by Crippen LogP contribution is -2.40. The number of carbonyl (C=O) groups is 1. The fraction of sp³-hybridized carbons (Fsp3) is 0.615. The van der Waals surface area contributed by atoms with Gasteiger partial charge >= 0.3 is 0 Å². The van der Waals surface area contributed by atoms with Crippen LogP contribution in [0.25, 0.3) is 0 Å². The number of piperidine rings is 1. The number of thiophene rings is 1. The standard InChI is InChI=1S/C13H19NO2S/c1-2-11-5-6-12(17-11)13(16)14-7-3-4-10(8-14)9-15/h5-6,10,15H,2-4,7-9H2,1H3. The molecule has 94 valence electrons. The molecule has 17 heavy (non-hydrogen) atoms. The molecule has 0 radical (unpaired) electrons. The predicted molar refractivity (Wildman–Crippen MR) is 69.4 cm³/mol. The molecular formula is C13H19NO2S. The van der Waals surface area contributed by atoms with E-state index in [0.717, 1.165) is 30.7 Å². The van der Waals surface area contributed by atoms with Crippen LogP contribution in [0.5, 0.6) is 0 Å². The molecule has 1 aromatic heterocycles. The zero-order valence-corrected chi connectivity index (χ0v) is 11.0. The van der Waals surface area contributed by atoms with Crippen LogP contribution in [-0.2, 0) is 6.42 Å². The van der Waals surface area contributed by atoms with Gasteiger partial charge in [0, 0.05) is 24.6 Å². The predicted octanol–water partition coefficient (Wildman–Crippen LogP) is 2.16. The fourth-order valence-electron chi connectivity index (χ4n) is 2.24. The molecule has 2 heterocycles. The maximum Gasteiger partial charge on any atom is 0.263 e. The van der Waals surface area contributed by atoms with Gasteiger partial charge in [0.25, 0.3) is 5.91 Å². The van der Waals surface area contributed by atoms with Crippen LogP contribution in [0, 0.1) is 5.92 Å². The first-order chi connectivity index (χ1) is 8.24. The SMILES string of the molecule is CCc1ccc(C(=O)N2CCCC(CO)C2)s1. The summed E-state index contributed by atoms with van der Waals surface area (Å²) in [7, 11) is 0. The first-order valence-electron chi connectivity index (χ1n) is 6.23. The zero-order valence-electron chi connectivity index (χ0n) is 10.2. The normalized spacial score (nSPS) is 20.6. The quantitative estimate of drug-likeness (QED) is 0.896. The van der Waals surface area contributed by atoms with Crippen molar-refractivity contribution in [1.82, 2.24) is 4.90 Å². The molecule has 2 rings (SSSR count). The second-order valence-electron chi connectivity index (χ2n) is 4.56. The van der Waals surface area contributed by atoms with E-state index in [1.807, 2.05) is 17.0 Å². The van der Waals surface area contributed by atoms with Gasteiger partial charge in [-0.05, 0) is 37.3 Å². The van der Waals surface area contributed by atoms with Gasteiger partial charge in [-0.2, -0.15) is 0 Å². The number of carbonyl (C=O) groups excluding carboxylic acids is 1. The second kappa shape index (κ2) is 5.65. The van der Waals surface area contributed by atoms with Gasteiger partial charge in [-0.1, -0.05) is 6.92 Å². The van der Waals surface area contributed by atoms with E-state index in [0.29, 0.717) is 6.54 Å². The van der Waals surface area contributed by atoms with E-state index in [-0.39, 0.29) is 18.4 Å². The van der Waals surface area contributed by atoms with Crippen molar-refractivity contribution in [3.05, 3.63) is 21.9 Å². The first kappa shape index (κ1) is 12.6. The lowest BCUT2D eigenvalue weighted by molar-refractivity contribution is 0.0625. The molecule has 0 aromatic carbocycles. The molecule has 0 spiro atoms. The molecule has 0 aliphatic carbocycles. The number of hydrogen-bond donors (Lipinski definition) is 1. The number of likely N-dealkylation sites (tertiary alicyclic amines) is 1. The van der Waals surface area contributed by atoms with Crippen LogP contribution in [0.15, 0.2) is 12.1 Å². The molecule has 1 atom stereocenters. The molecule has 1 amide bonds. The average Bonchev–Trinajstić information content (AvgIpc) is 2.86. The lowest BCUT2D eigenvalue weighted by Gasteiger charge is -2.31. The number of aryl methyl sites for hydroxylation is 1. The molecule has 4 heteroatoms. The van der Waals surface area contributed by atoms with Gasteiger partial charge in [-0.25, -0.2) is 0 Å². The van der Waals surface area contributed by atoms with Crippen molar-refractivity contribution < 1.29 is 9.90 Å². The lowest BCUT2D eigenvalue weighted by atomic mass is 9.99.